The van der Waals surface area contributed by atoms with Crippen LogP contribution in [0.4, 0.5) is 0 Å². The number of hydrogen-bond acceptors (Lipinski definition) is 2. The van der Waals surface area contributed by atoms with Gasteiger partial charge in [0.25, 0.3) is 0 Å². The average molecular weight is 362 g/mol. The Morgan fingerprint density at radius 1 is 0.607 bits per heavy atom. The number of benzene rings is 3. The third-order valence-corrected chi connectivity index (χ3v) is 4.68. The summed E-state index contributed by atoms with van der Waals surface area (Å²) in [7, 11) is 0. The molecular weight excluding hydrogens is 344 g/mol. The maximum Gasteiger partial charge on any atom is 0.0965 e. The first-order chi connectivity index (χ1) is 13.9. The predicted octanol–water partition coefficient (Wildman–Crippen LogP) is 5.39. The fraction of sp³-hybridized carbons (Fsp3) is 0. The molecule has 0 fully saturated rings. The summed E-state index contributed by atoms with van der Waals surface area (Å²) in [4.78, 5) is 0. The number of aromatic nitrogens is 4. The van der Waals surface area contributed by atoms with Gasteiger partial charge >= 0.3 is 0 Å². The number of nitrogens with zero attached hydrogens (tertiary/aromatic N) is 4. The molecular formula is C24H18N4. The summed E-state index contributed by atoms with van der Waals surface area (Å²) < 4.78 is 3.86. The molecule has 0 amide bonds. The molecule has 4 nitrogen and oxygen atoms in total. The molecule has 0 saturated heterocycles. The lowest BCUT2D eigenvalue weighted by Crippen LogP contribution is -1.98. The molecule has 0 N–H and O–H groups in total. The molecule has 5 aromatic rings. The van der Waals surface area contributed by atoms with E-state index in [1.54, 1.807) is 0 Å². The van der Waals surface area contributed by atoms with E-state index in [2.05, 4.69) is 35.4 Å². The van der Waals surface area contributed by atoms with Gasteiger partial charge in [0.2, 0.25) is 0 Å². The van der Waals surface area contributed by atoms with Gasteiger partial charge in [0.05, 0.1) is 29.0 Å². The molecule has 2 aromatic heterocycles. The average Bonchev–Trinajstić information content (AvgIpc) is 3.43. The standard InChI is InChI=1S/C24H18N4/c1-4-10-19(11-5-1)24-16-23(26-28(24)22-14-8-3-9-15-22)20-17-25-27(18-20)21-12-6-2-7-13-21/h1-18H. The Bertz CT molecular complexity index is 1130. The van der Waals surface area contributed by atoms with Crippen LogP contribution in [0.2, 0.25) is 0 Å². The number of hydrogen-bond donors (Lipinski definition) is 0. The van der Waals surface area contributed by atoms with E-state index in [1.165, 1.54) is 0 Å². The van der Waals surface area contributed by atoms with E-state index < -0.39 is 0 Å². The third-order valence-electron chi connectivity index (χ3n) is 4.68. The second-order valence-corrected chi connectivity index (χ2v) is 6.54. The summed E-state index contributed by atoms with van der Waals surface area (Å²) in [5.41, 5.74) is 6.11. The van der Waals surface area contributed by atoms with Crippen molar-refractivity contribution >= 4 is 0 Å². The van der Waals surface area contributed by atoms with Crippen molar-refractivity contribution in [3.63, 3.8) is 0 Å². The molecule has 0 unspecified atom stereocenters. The van der Waals surface area contributed by atoms with Crippen LogP contribution in [0.5, 0.6) is 0 Å². The summed E-state index contributed by atoms with van der Waals surface area (Å²) >= 11 is 0. The minimum absolute atomic E-state index is 0.893. The van der Waals surface area contributed by atoms with Crippen LogP contribution in [0.25, 0.3) is 33.9 Å². The molecule has 0 aliphatic rings. The van der Waals surface area contributed by atoms with Gasteiger partial charge in [0.1, 0.15) is 0 Å². The van der Waals surface area contributed by atoms with Gasteiger partial charge in [-0.25, -0.2) is 9.36 Å². The molecule has 3 aromatic carbocycles. The van der Waals surface area contributed by atoms with Gasteiger partial charge in [-0.05, 0) is 30.3 Å². The van der Waals surface area contributed by atoms with Gasteiger partial charge < -0.3 is 0 Å². The van der Waals surface area contributed by atoms with Crippen LogP contribution in [0.15, 0.2) is 109 Å². The van der Waals surface area contributed by atoms with E-state index in [-0.39, 0.29) is 0 Å². The Morgan fingerprint density at radius 2 is 1.21 bits per heavy atom. The Balaban J connectivity index is 1.62. The van der Waals surface area contributed by atoms with E-state index in [0.717, 1.165) is 33.9 Å². The highest BCUT2D eigenvalue weighted by atomic mass is 15.3. The molecule has 0 aliphatic carbocycles. The summed E-state index contributed by atoms with van der Waals surface area (Å²) in [6, 6.07) is 32.7. The molecule has 2 heterocycles. The lowest BCUT2D eigenvalue weighted by molar-refractivity contribution is 0.880. The van der Waals surface area contributed by atoms with Gasteiger partial charge in [-0.3, -0.25) is 0 Å². The largest absolute Gasteiger partial charge is 0.240 e. The van der Waals surface area contributed by atoms with Gasteiger partial charge in [-0.15, -0.1) is 0 Å². The van der Waals surface area contributed by atoms with Crippen molar-refractivity contribution in [2.24, 2.45) is 0 Å². The summed E-state index contributed by atoms with van der Waals surface area (Å²) in [6.45, 7) is 0. The summed E-state index contributed by atoms with van der Waals surface area (Å²) in [5.74, 6) is 0. The van der Waals surface area contributed by atoms with Gasteiger partial charge in [0, 0.05) is 17.3 Å². The predicted molar refractivity (Wildman–Crippen MR) is 112 cm³/mol. The fourth-order valence-corrected chi connectivity index (χ4v) is 3.28. The second-order valence-electron chi connectivity index (χ2n) is 6.54. The molecule has 0 aliphatic heterocycles. The van der Waals surface area contributed by atoms with Crippen molar-refractivity contribution in [3.8, 4) is 33.9 Å². The maximum atomic E-state index is 4.90. The molecule has 28 heavy (non-hydrogen) atoms. The van der Waals surface area contributed by atoms with Crippen LogP contribution >= 0.6 is 0 Å². The van der Waals surface area contributed by atoms with Crippen LogP contribution in [0.1, 0.15) is 0 Å². The highest BCUT2D eigenvalue weighted by Crippen LogP contribution is 2.28. The monoisotopic (exact) mass is 362 g/mol. The zero-order chi connectivity index (χ0) is 18.8. The fourth-order valence-electron chi connectivity index (χ4n) is 3.28. The van der Waals surface area contributed by atoms with Crippen molar-refractivity contribution in [1.82, 2.24) is 19.6 Å². The zero-order valence-corrected chi connectivity index (χ0v) is 15.2. The summed E-state index contributed by atoms with van der Waals surface area (Å²) in [6.07, 6.45) is 3.88. The lowest BCUT2D eigenvalue weighted by Gasteiger charge is -2.07. The molecule has 4 heteroatoms. The quantitative estimate of drug-likeness (QED) is 0.429. The van der Waals surface area contributed by atoms with Crippen LogP contribution in [0.3, 0.4) is 0 Å². The van der Waals surface area contributed by atoms with Crippen LogP contribution in [-0.4, -0.2) is 19.6 Å². The van der Waals surface area contributed by atoms with Crippen LogP contribution in [0, 0.1) is 0 Å². The SMILES string of the molecule is c1ccc(-c2cc(-c3cnn(-c4ccccc4)c3)nn2-c2ccccc2)cc1. The Kier molecular flexibility index (Phi) is 4.07. The molecule has 0 spiro atoms. The van der Waals surface area contributed by atoms with Gasteiger partial charge in [0.15, 0.2) is 0 Å². The number of para-hydroxylation sites is 2. The third kappa shape index (κ3) is 3.01. The first kappa shape index (κ1) is 16.3. The first-order valence-electron chi connectivity index (χ1n) is 9.20. The van der Waals surface area contributed by atoms with Crippen molar-refractivity contribution in [2.45, 2.75) is 0 Å². The highest BCUT2D eigenvalue weighted by Gasteiger charge is 2.14. The Hall–Kier alpha value is -3.92. The minimum Gasteiger partial charge on any atom is -0.240 e. The molecule has 0 radical (unpaired) electrons. The zero-order valence-electron chi connectivity index (χ0n) is 15.2. The molecule has 0 saturated carbocycles. The smallest absolute Gasteiger partial charge is 0.0965 e. The molecule has 0 atom stereocenters. The molecule has 134 valence electrons. The topological polar surface area (TPSA) is 35.6 Å². The van der Waals surface area contributed by atoms with Crippen LogP contribution in [-0.2, 0) is 0 Å². The van der Waals surface area contributed by atoms with E-state index >= 15 is 0 Å². The summed E-state index contributed by atoms with van der Waals surface area (Å²) in [5, 5.41) is 9.41. The normalized spacial score (nSPS) is 10.9. The van der Waals surface area contributed by atoms with E-state index in [0.29, 0.717) is 0 Å². The van der Waals surface area contributed by atoms with Gasteiger partial charge in [-0.1, -0.05) is 66.7 Å². The molecule has 5 rings (SSSR count). The van der Waals surface area contributed by atoms with Crippen LogP contribution < -0.4 is 0 Å². The van der Waals surface area contributed by atoms with Crippen molar-refractivity contribution < 1.29 is 0 Å². The Morgan fingerprint density at radius 3 is 1.89 bits per heavy atom. The molecule has 0 bridgehead atoms. The van der Waals surface area contributed by atoms with E-state index in [4.69, 9.17) is 5.10 Å². The Labute approximate surface area is 163 Å². The minimum atomic E-state index is 0.893. The lowest BCUT2D eigenvalue weighted by atomic mass is 10.1. The van der Waals surface area contributed by atoms with Crippen molar-refractivity contribution in [1.29, 1.82) is 0 Å². The number of rotatable bonds is 4. The van der Waals surface area contributed by atoms with E-state index in [9.17, 15) is 0 Å². The highest BCUT2D eigenvalue weighted by molar-refractivity contribution is 5.70. The van der Waals surface area contributed by atoms with Gasteiger partial charge in [-0.2, -0.15) is 10.2 Å². The maximum absolute atomic E-state index is 4.90. The van der Waals surface area contributed by atoms with E-state index in [1.807, 2.05) is 88.5 Å². The first-order valence-corrected chi connectivity index (χ1v) is 9.20. The van der Waals surface area contributed by atoms with Crippen molar-refractivity contribution in [2.75, 3.05) is 0 Å². The second kappa shape index (κ2) is 7.00. The van der Waals surface area contributed by atoms with Crippen molar-refractivity contribution in [3.05, 3.63) is 109 Å².